The molecular weight excluding hydrogens is 167 g/mol. The summed E-state index contributed by atoms with van der Waals surface area (Å²) in [4.78, 5) is 0. The first kappa shape index (κ1) is 9.78. The molecule has 2 heteroatoms. The second kappa shape index (κ2) is 5.36. The standard InChI is InChI=1S/C11H13FO/c1-13-9-3-2-4-10-5-7-11(12)8-6-10/h3,5-9H,2,4H2,1H3/b9-3+. The summed E-state index contributed by atoms with van der Waals surface area (Å²) >= 11 is 0. The van der Waals surface area contributed by atoms with Crippen LogP contribution in [0.15, 0.2) is 36.6 Å². The predicted octanol–water partition coefficient (Wildman–Crippen LogP) is 2.92. The van der Waals surface area contributed by atoms with E-state index in [0.29, 0.717) is 0 Å². The Morgan fingerprint density at radius 3 is 2.62 bits per heavy atom. The van der Waals surface area contributed by atoms with E-state index in [1.807, 2.05) is 6.08 Å². The number of hydrogen-bond donors (Lipinski definition) is 0. The molecule has 1 nitrogen and oxygen atoms in total. The van der Waals surface area contributed by atoms with Gasteiger partial charge in [0.25, 0.3) is 0 Å². The Morgan fingerprint density at radius 1 is 1.31 bits per heavy atom. The van der Waals surface area contributed by atoms with Crippen molar-refractivity contribution in [3.63, 3.8) is 0 Å². The van der Waals surface area contributed by atoms with E-state index in [2.05, 4.69) is 0 Å². The third-order valence-corrected chi connectivity index (χ3v) is 1.75. The predicted molar refractivity (Wildman–Crippen MR) is 50.9 cm³/mol. The molecule has 0 aliphatic rings. The van der Waals surface area contributed by atoms with Gasteiger partial charge in [0.15, 0.2) is 0 Å². The second-order valence-corrected chi connectivity index (χ2v) is 2.77. The molecule has 13 heavy (non-hydrogen) atoms. The van der Waals surface area contributed by atoms with Crippen molar-refractivity contribution in [1.82, 2.24) is 0 Å². The number of benzene rings is 1. The summed E-state index contributed by atoms with van der Waals surface area (Å²) in [5, 5.41) is 0. The molecule has 0 bridgehead atoms. The molecule has 1 aromatic carbocycles. The molecule has 0 amide bonds. The van der Waals surface area contributed by atoms with E-state index in [-0.39, 0.29) is 5.82 Å². The van der Waals surface area contributed by atoms with E-state index in [9.17, 15) is 4.39 Å². The van der Waals surface area contributed by atoms with Crippen molar-refractivity contribution in [3.05, 3.63) is 48.0 Å². The maximum atomic E-state index is 12.5. The van der Waals surface area contributed by atoms with E-state index in [1.54, 1.807) is 25.5 Å². The number of hydrogen-bond acceptors (Lipinski definition) is 1. The number of methoxy groups -OCH3 is 1. The number of rotatable bonds is 4. The van der Waals surface area contributed by atoms with Crippen molar-refractivity contribution in [2.24, 2.45) is 0 Å². The smallest absolute Gasteiger partial charge is 0.123 e. The Balaban J connectivity index is 2.37. The highest BCUT2D eigenvalue weighted by molar-refractivity contribution is 5.16. The van der Waals surface area contributed by atoms with Crippen molar-refractivity contribution < 1.29 is 9.13 Å². The Morgan fingerprint density at radius 2 is 2.00 bits per heavy atom. The van der Waals surface area contributed by atoms with Gasteiger partial charge in [0, 0.05) is 0 Å². The van der Waals surface area contributed by atoms with E-state index < -0.39 is 0 Å². The lowest BCUT2D eigenvalue weighted by molar-refractivity contribution is 0.336. The Hall–Kier alpha value is -1.31. The van der Waals surface area contributed by atoms with E-state index in [0.717, 1.165) is 18.4 Å². The maximum Gasteiger partial charge on any atom is 0.123 e. The minimum Gasteiger partial charge on any atom is -0.505 e. The first-order valence-electron chi connectivity index (χ1n) is 4.25. The highest BCUT2D eigenvalue weighted by Gasteiger charge is 1.91. The van der Waals surface area contributed by atoms with Gasteiger partial charge in [-0.1, -0.05) is 12.1 Å². The van der Waals surface area contributed by atoms with Crippen LogP contribution in [0.2, 0.25) is 0 Å². The van der Waals surface area contributed by atoms with Crippen LogP contribution in [0.4, 0.5) is 4.39 Å². The van der Waals surface area contributed by atoms with E-state index >= 15 is 0 Å². The maximum absolute atomic E-state index is 12.5. The van der Waals surface area contributed by atoms with Crippen LogP contribution in [0.5, 0.6) is 0 Å². The molecule has 0 saturated carbocycles. The summed E-state index contributed by atoms with van der Waals surface area (Å²) in [7, 11) is 1.62. The van der Waals surface area contributed by atoms with Gasteiger partial charge in [-0.05, 0) is 36.6 Å². The van der Waals surface area contributed by atoms with Gasteiger partial charge in [-0.15, -0.1) is 0 Å². The van der Waals surface area contributed by atoms with Crippen molar-refractivity contribution >= 4 is 0 Å². The molecule has 0 unspecified atom stereocenters. The number of allylic oxidation sites excluding steroid dienone is 1. The Bertz CT molecular complexity index is 264. The number of ether oxygens (including phenoxy) is 1. The molecule has 0 heterocycles. The highest BCUT2D eigenvalue weighted by Crippen LogP contribution is 2.05. The van der Waals surface area contributed by atoms with Gasteiger partial charge >= 0.3 is 0 Å². The molecule has 1 aromatic rings. The van der Waals surface area contributed by atoms with Gasteiger partial charge in [-0.2, -0.15) is 0 Å². The lowest BCUT2D eigenvalue weighted by Gasteiger charge is -1.97. The minimum absolute atomic E-state index is 0.184. The van der Waals surface area contributed by atoms with Crippen molar-refractivity contribution in [2.45, 2.75) is 12.8 Å². The number of halogens is 1. The minimum atomic E-state index is -0.184. The fraction of sp³-hybridized carbons (Fsp3) is 0.273. The SMILES string of the molecule is CO/C=C/CCc1ccc(F)cc1. The molecule has 0 aliphatic carbocycles. The molecule has 0 saturated heterocycles. The number of aryl methyl sites for hydroxylation is 1. The summed E-state index contributed by atoms with van der Waals surface area (Å²) in [6, 6.07) is 6.57. The zero-order valence-electron chi connectivity index (χ0n) is 7.66. The van der Waals surface area contributed by atoms with Crippen molar-refractivity contribution in [1.29, 1.82) is 0 Å². The quantitative estimate of drug-likeness (QED) is 0.647. The fourth-order valence-corrected chi connectivity index (χ4v) is 1.07. The van der Waals surface area contributed by atoms with Crippen molar-refractivity contribution in [3.8, 4) is 0 Å². The molecule has 0 fully saturated rings. The van der Waals surface area contributed by atoms with Gasteiger partial charge in [0.2, 0.25) is 0 Å². The molecule has 0 N–H and O–H groups in total. The fourth-order valence-electron chi connectivity index (χ4n) is 1.07. The van der Waals surface area contributed by atoms with E-state index in [4.69, 9.17) is 4.74 Å². The molecular formula is C11H13FO. The van der Waals surface area contributed by atoms with Crippen LogP contribution < -0.4 is 0 Å². The van der Waals surface area contributed by atoms with Crippen LogP contribution in [0.1, 0.15) is 12.0 Å². The third-order valence-electron chi connectivity index (χ3n) is 1.75. The van der Waals surface area contributed by atoms with Crippen LogP contribution in [0, 0.1) is 5.82 Å². The zero-order valence-corrected chi connectivity index (χ0v) is 7.66. The summed E-state index contributed by atoms with van der Waals surface area (Å²) in [5.74, 6) is -0.184. The van der Waals surface area contributed by atoms with E-state index in [1.165, 1.54) is 12.1 Å². The molecule has 0 aliphatic heterocycles. The molecule has 0 atom stereocenters. The van der Waals surface area contributed by atoms with Gasteiger partial charge < -0.3 is 4.74 Å². The summed E-state index contributed by atoms with van der Waals surface area (Å²) in [6.07, 6.45) is 5.44. The van der Waals surface area contributed by atoms with Crippen LogP contribution >= 0.6 is 0 Å². The van der Waals surface area contributed by atoms with Crippen LogP contribution in [0.3, 0.4) is 0 Å². The molecule has 70 valence electrons. The summed E-state index contributed by atoms with van der Waals surface area (Å²) < 4.78 is 17.3. The summed E-state index contributed by atoms with van der Waals surface area (Å²) in [5.41, 5.74) is 1.14. The Labute approximate surface area is 77.8 Å². The molecule has 0 radical (unpaired) electrons. The first-order valence-corrected chi connectivity index (χ1v) is 4.25. The monoisotopic (exact) mass is 180 g/mol. The van der Waals surface area contributed by atoms with Crippen LogP contribution in [-0.2, 0) is 11.2 Å². The lowest BCUT2D eigenvalue weighted by Crippen LogP contribution is -1.83. The average molecular weight is 180 g/mol. The van der Waals surface area contributed by atoms with Gasteiger partial charge in [-0.25, -0.2) is 4.39 Å². The largest absolute Gasteiger partial charge is 0.505 e. The highest BCUT2D eigenvalue weighted by atomic mass is 19.1. The van der Waals surface area contributed by atoms with Gasteiger partial charge in [0.1, 0.15) is 5.82 Å². The first-order chi connectivity index (χ1) is 6.33. The Kier molecular flexibility index (Phi) is 4.03. The molecule has 1 rings (SSSR count). The van der Waals surface area contributed by atoms with Crippen LogP contribution in [0.25, 0.3) is 0 Å². The van der Waals surface area contributed by atoms with Gasteiger partial charge in [-0.3, -0.25) is 0 Å². The summed E-state index contributed by atoms with van der Waals surface area (Å²) in [6.45, 7) is 0. The lowest BCUT2D eigenvalue weighted by atomic mass is 10.1. The molecule has 0 spiro atoms. The zero-order chi connectivity index (χ0) is 9.52. The third kappa shape index (κ3) is 3.74. The second-order valence-electron chi connectivity index (χ2n) is 2.77. The average Bonchev–Trinajstić information content (AvgIpc) is 2.15. The normalized spacial score (nSPS) is 10.6. The van der Waals surface area contributed by atoms with Crippen molar-refractivity contribution in [2.75, 3.05) is 7.11 Å². The molecule has 0 aromatic heterocycles. The van der Waals surface area contributed by atoms with Gasteiger partial charge in [0.05, 0.1) is 13.4 Å². The topological polar surface area (TPSA) is 9.23 Å². The van der Waals surface area contributed by atoms with Crippen LogP contribution in [-0.4, -0.2) is 7.11 Å².